The van der Waals surface area contributed by atoms with Crippen LogP contribution in [0, 0.1) is 0 Å². The average Bonchev–Trinajstić information content (AvgIpc) is 3.68. The Morgan fingerprint density at radius 3 is 2.31 bits per heavy atom. The van der Waals surface area contributed by atoms with Crippen LogP contribution in [0.25, 0.3) is 17.5 Å². The van der Waals surface area contributed by atoms with Crippen LogP contribution in [0.15, 0.2) is 91.5 Å². The second-order valence-corrected chi connectivity index (χ2v) is 8.77. The van der Waals surface area contributed by atoms with Gasteiger partial charge >= 0.3 is 0 Å². The monoisotopic (exact) mass is 540 g/mol. The summed E-state index contributed by atoms with van der Waals surface area (Å²) in [6, 6.07) is 20.7. The van der Waals surface area contributed by atoms with Crippen LogP contribution in [0.2, 0.25) is 5.02 Å². The minimum absolute atomic E-state index is 0.294. The Morgan fingerprint density at radius 2 is 1.62 bits per heavy atom. The van der Waals surface area contributed by atoms with Gasteiger partial charge in [0.2, 0.25) is 11.8 Å². The van der Waals surface area contributed by atoms with E-state index in [0.717, 1.165) is 11.3 Å². The highest BCUT2D eigenvalue weighted by atomic mass is 35.5. The van der Waals surface area contributed by atoms with Gasteiger partial charge in [-0.05, 0) is 75.0 Å². The molecule has 3 aromatic carbocycles. The van der Waals surface area contributed by atoms with Gasteiger partial charge < -0.3 is 10.6 Å². The number of benzene rings is 3. The molecule has 0 bridgehead atoms. The zero-order valence-electron chi connectivity index (χ0n) is 20.3. The van der Waals surface area contributed by atoms with Crippen LogP contribution in [-0.2, 0) is 16.0 Å². The number of carbonyl (C=O) groups excluding carboxylic acids is 2. The number of halogens is 1. The molecular formula is C26H21ClN10O2. The molecule has 0 radical (unpaired) electrons. The molecule has 194 valence electrons. The summed E-state index contributed by atoms with van der Waals surface area (Å²) in [5, 5.41) is 28.4. The van der Waals surface area contributed by atoms with Crippen LogP contribution in [0.3, 0.4) is 0 Å². The van der Waals surface area contributed by atoms with Crippen molar-refractivity contribution < 1.29 is 9.59 Å². The third kappa shape index (κ3) is 6.56. The molecule has 0 aliphatic rings. The third-order valence-electron chi connectivity index (χ3n) is 5.66. The molecule has 0 saturated heterocycles. The summed E-state index contributed by atoms with van der Waals surface area (Å²) in [6.07, 6.45) is 6.14. The molecule has 5 rings (SSSR count). The van der Waals surface area contributed by atoms with Crippen molar-refractivity contribution in [2.75, 3.05) is 5.32 Å². The fourth-order valence-corrected chi connectivity index (χ4v) is 3.97. The topological polar surface area (TPSA) is 145 Å². The summed E-state index contributed by atoms with van der Waals surface area (Å²) in [5.74, 6) is -0.823. The fraction of sp³-hybridized carbons (Fsp3) is 0.0769. The Kier molecular flexibility index (Phi) is 7.74. The first kappa shape index (κ1) is 25.4. The van der Waals surface area contributed by atoms with Crippen LogP contribution in [0.5, 0.6) is 0 Å². The SMILES string of the molecule is O=C(C=Cc1cc(Cl)ccc1-n1cnnn1)N[C@@H](Cc1ccccc1)C(=O)Nc1ccc(-n2cnnn2)cc1. The van der Waals surface area contributed by atoms with Gasteiger partial charge in [0.25, 0.3) is 0 Å². The van der Waals surface area contributed by atoms with Gasteiger partial charge in [-0.15, -0.1) is 10.2 Å². The van der Waals surface area contributed by atoms with Crippen molar-refractivity contribution in [1.82, 2.24) is 45.7 Å². The number of amides is 2. The Labute approximate surface area is 227 Å². The van der Waals surface area contributed by atoms with E-state index >= 15 is 0 Å². The van der Waals surface area contributed by atoms with Crippen LogP contribution >= 0.6 is 11.6 Å². The zero-order valence-corrected chi connectivity index (χ0v) is 21.1. The maximum absolute atomic E-state index is 13.3. The molecule has 1 atom stereocenters. The van der Waals surface area contributed by atoms with E-state index < -0.39 is 11.9 Å². The van der Waals surface area contributed by atoms with Crippen molar-refractivity contribution in [3.05, 3.63) is 108 Å². The highest BCUT2D eigenvalue weighted by Crippen LogP contribution is 2.20. The summed E-state index contributed by atoms with van der Waals surface area (Å²) in [6.45, 7) is 0. The number of anilines is 1. The zero-order chi connectivity index (χ0) is 27.0. The molecule has 2 heterocycles. The number of hydrogen-bond donors (Lipinski definition) is 2. The number of aromatic nitrogens is 8. The number of nitrogens with zero attached hydrogens (tertiary/aromatic N) is 8. The number of tetrazole rings is 2. The van der Waals surface area contributed by atoms with Gasteiger partial charge in [-0.3, -0.25) is 9.59 Å². The van der Waals surface area contributed by atoms with Gasteiger partial charge in [0.1, 0.15) is 18.7 Å². The summed E-state index contributed by atoms with van der Waals surface area (Å²) < 4.78 is 2.96. The Morgan fingerprint density at radius 1 is 0.897 bits per heavy atom. The number of nitrogens with one attached hydrogen (secondary N) is 2. The molecule has 0 unspecified atom stereocenters. The number of rotatable bonds is 9. The summed E-state index contributed by atoms with van der Waals surface area (Å²) in [5.41, 5.74) is 3.45. The van der Waals surface area contributed by atoms with E-state index in [-0.39, 0.29) is 5.91 Å². The Hall–Kier alpha value is -5.23. The molecule has 5 aromatic rings. The van der Waals surface area contributed by atoms with Gasteiger partial charge in [0.15, 0.2) is 0 Å². The lowest BCUT2D eigenvalue weighted by Gasteiger charge is -2.18. The second kappa shape index (κ2) is 11.9. The maximum Gasteiger partial charge on any atom is 0.247 e. The van der Waals surface area contributed by atoms with Crippen LogP contribution in [0.1, 0.15) is 11.1 Å². The van der Waals surface area contributed by atoms with E-state index in [9.17, 15) is 9.59 Å². The highest BCUT2D eigenvalue weighted by molar-refractivity contribution is 6.30. The van der Waals surface area contributed by atoms with Crippen LogP contribution in [0.4, 0.5) is 5.69 Å². The summed E-state index contributed by atoms with van der Waals surface area (Å²) in [7, 11) is 0. The predicted molar refractivity (Wildman–Crippen MR) is 143 cm³/mol. The van der Waals surface area contributed by atoms with E-state index in [1.54, 1.807) is 48.5 Å². The quantitative estimate of drug-likeness (QED) is 0.271. The first-order valence-corrected chi connectivity index (χ1v) is 12.1. The molecule has 0 aliphatic heterocycles. The summed E-state index contributed by atoms with van der Waals surface area (Å²) >= 11 is 6.17. The lowest BCUT2D eigenvalue weighted by atomic mass is 10.0. The second-order valence-electron chi connectivity index (χ2n) is 8.33. The summed E-state index contributed by atoms with van der Waals surface area (Å²) in [4.78, 5) is 26.2. The van der Waals surface area contributed by atoms with Gasteiger partial charge in [-0.1, -0.05) is 41.9 Å². The molecule has 0 saturated carbocycles. The molecule has 0 fully saturated rings. The van der Waals surface area contributed by atoms with Gasteiger partial charge in [-0.2, -0.15) is 4.68 Å². The van der Waals surface area contributed by atoms with Crippen molar-refractivity contribution in [1.29, 1.82) is 0 Å². The predicted octanol–water partition coefficient (Wildman–Crippen LogP) is 2.67. The molecule has 39 heavy (non-hydrogen) atoms. The Balaban J connectivity index is 1.32. The average molecular weight is 541 g/mol. The molecular weight excluding hydrogens is 520 g/mol. The molecule has 13 heteroatoms. The van der Waals surface area contributed by atoms with Crippen LogP contribution < -0.4 is 10.6 Å². The molecule has 2 N–H and O–H groups in total. The van der Waals surface area contributed by atoms with Crippen molar-refractivity contribution in [3.8, 4) is 11.4 Å². The van der Waals surface area contributed by atoms with E-state index in [4.69, 9.17) is 11.6 Å². The van der Waals surface area contributed by atoms with E-state index in [2.05, 4.69) is 41.7 Å². The largest absolute Gasteiger partial charge is 0.340 e. The van der Waals surface area contributed by atoms with Crippen molar-refractivity contribution in [3.63, 3.8) is 0 Å². The molecule has 12 nitrogen and oxygen atoms in total. The van der Waals surface area contributed by atoms with Crippen molar-refractivity contribution >= 4 is 35.2 Å². The van der Waals surface area contributed by atoms with E-state index in [1.165, 1.54) is 28.1 Å². The lowest BCUT2D eigenvalue weighted by molar-refractivity contribution is -0.123. The highest BCUT2D eigenvalue weighted by Gasteiger charge is 2.21. The standard InChI is InChI=1S/C26H21ClN10O2/c27-20-7-12-24(37-17-29-33-35-37)19(15-20)6-13-25(38)31-23(14-18-4-2-1-3-5-18)26(39)30-21-8-10-22(11-9-21)36-16-28-32-34-36/h1-13,15-17,23H,14H2,(H,30,39)(H,31,38)/t23-/m0/s1. The van der Waals surface area contributed by atoms with E-state index in [1.807, 2.05) is 30.3 Å². The maximum atomic E-state index is 13.3. The number of carbonyl (C=O) groups is 2. The van der Waals surface area contributed by atoms with E-state index in [0.29, 0.717) is 28.4 Å². The smallest absolute Gasteiger partial charge is 0.247 e. The molecule has 2 aromatic heterocycles. The normalized spacial score (nSPS) is 11.8. The first-order valence-electron chi connectivity index (χ1n) is 11.7. The van der Waals surface area contributed by atoms with Crippen LogP contribution in [-0.4, -0.2) is 58.3 Å². The molecule has 0 spiro atoms. The van der Waals surface area contributed by atoms with Gasteiger partial charge in [0.05, 0.1) is 11.4 Å². The number of hydrogen-bond acceptors (Lipinski definition) is 8. The van der Waals surface area contributed by atoms with Gasteiger partial charge in [-0.25, -0.2) is 4.68 Å². The minimum Gasteiger partial charge on any atom is -0.340 e. The lowest BCUT2D eigenvalue weighted by Crippen LogP contribution is -2.44. The van der Waals surface area contributed by atoms with Crippen molar-refractivity contribution in [2.45, 2.75) is 12.5 Å². The molecule has 0 aliphatic carbocycles. The Bertz CT molecular complexity index is 1570. The minimum atomic E-state index is -0.845. The van der Waals surface area contributed by atoms with Crippen molar-refractivity contribution in [2.24, 2.45) is 0 Å². The third-order valence-corrected chi connectivity index (χ3v) is 5.90. The molecule has 2 amide bonds. The fourth-order valence-electron chi connectivity index (χ4n) is 3.79. The van der Waals surface area contributed by atoms with Gasteiger partial charge in [0, 0.05) is 28.8 Å². The first-order chi connectivity index (χ1) is 19.0.